The molecule has 1 rings (SSSR count). The van der Waals surface area contributed by atoms with Crippen molar-refractivity contribution in [1.82, 2.24) is 15.6 Å². The molecule has 0 radical (unpaired) electrons. The summed E-state index contributed by atoms with van der Waals surface area (Å²) in [6.45, 7) is 3.60. The maximum atomic E-state index is 11.4. The molecule has 0 spiro atoms. The Morgan fingerprint density at radius 1 is 1.56 bits per heavy atom. The molecule has 0 atom stereocenters. The van der Waals surface area contributed by atoms with Gasteiger partial charge < -0.3 is 5.32 Å². The van der Waals surface area contributed by atoms with E-state index in [-0.39, 0.29) is 5.88 Å². The number of imide groups is 1. The minimum Gasteiger partial charge on any atom is -0.326 e. The number of carbonyl (C=O) groups is 2. The summed E-state index contributed by atoms with van der Waals surface area (Å²) in [5, 5.41) is 7.33. The van der Waals surface area contributed by atoms with E-state index in [1.54, 1.807) is 20.0 Å². The van der Waals surface area contributed by atoms with Gasteiger partial charge in [0.15, 0.2) is 0 Å². The highest BCUT2D eigenvalue weighted by molar-refractivity contribution is 7.09. The van der Waals surface area contributed by atoms with Gasteiger partial charge >= 0.3 is 6.03 Å². The van der Waals surface area contributed by atoms with Crippen LogP contribution in [0.15, 0.2) is 11.6 Å². The van der Waals surface area contributed by atoms with Crippen LogP contribution >= 0.6 is 22.9 Å². The van der Waals surface area contributed by atoms with E-state index in [1.807, 2.05) is 5.38 Å². The fourth-order valence-corrected chi connectivity index (χ4v) is 1.85. The van der Waals surface area contributed by atoms with E-state index in [4.69, 9.17) is 11.6 Å². The summed E-state index contributed by atoms with van der Waals surface area (Å²) in [5.74, 6) is -0.778. The van der Waals surface area contributed by atoms with Crippen LogP contribution in [0.1, 0.15) is 18.9 Å². The van der Waals surface area contributed by atoms with E-state index in [9.17, 15) is 9.59 Å². The van der Waals surface area contributed by atoms with Gasteiger partial charge in [-0.05, 0) is 13.8 Å². The van der Waals surface area contributed by atoms with Gasteiger partial charge in [0.25, 0.3) is 0 Å². The second-order valence-corrected chi connectivity index (χ2v) is 4.76. The molecule has 88 valence electrons. The quantitative estimate of drug-likeness (QED) is 0.809. The molecule has 0 unspecified atom stereocenters. The summed E-state index contributed by atoms with van der Waals surface area (Å²) in [7, 11) is 0. The van der Waals surface area contributed by atoms with Gasteiger partial charge in [0.2, 0.25) is 5.91 Å². The Bertz CT molecular complexity index is 378. The first-order chi connectivity index (χ1) is 7.45. The van der Waals surface area contributed by atoms with Gasteiger partial charge in [-0.25, -0.2) is 9.78 Å². The van der Waals surface area contributed by atoms with Crippen LogP contribution in [-0.4, -0.2) is 22.8 Å². The van der Waals surface area contributed by atoms with Gasteiger partial charge in [-0.2, -0.15) is 0 Å². The largest absolute Gasteiger partial charge is 0.326 e. The van der Waals surface area contributed by atoms with Gasteiger partial charge in [-0.3, -0.25) is 10.1 Å². The molecule has 3 amide bonds. The molecule has 0 aliphatic carbocycles. The molecule has 0 aromatic carbocycles. The maximum absolute atomic E-state index is 11.4. The standard InChI is InChI=1S/C9H12ClN3O2S/c1-9(2,7-11-3-4-16-7)13-8(15)12-6(14)5-10/h3-4H,5H2,1-2H3,(H2,12,13,14,15). The second-order valence-electron chi connectivity index (χ2n) is 3.60. The van der Waals surface area contributed by atoms with Gasteiger partial charge in [-0.15, -0.1) is 22.9 Å². The van der Waals surface area contributed by atoms with Crippen molar-refractivity contribution in [3.05, 3.63) is 16.6 Å². The topological polar surface area (TPSA) is 71.1 Å². The molecule has 0 bridgehead atoms. The molecular weight excluding hydrogens is 250 g/mol. The molecule has 1 aromatic heterocycles. The highest BCUT2D eigenvalue weighted by Crippen LogP contribution is 2.21. The van der Waals surface area contributed by atoms with E-state index in [2.05, 4.69) is 15.6 Å². The lowest BCUT2D eigenvalue weighted by molar-refractivity contribution is -0.117. The summed E-state index contributed by atoms with van der Waals surface area (Å²) < 4.78 is 0. The third kappa shape index (κ3) is 3.46. The molecule has 0 fully saturated rings. The lowest BCUT2D eigenvalue weighted by Gasteiger charge is -2.23. The van der Waals surface area contributed by atoms with Crippen molar-refractivity contribution in [3.63, 3.8) is 0 Å². The molecule has 1 aromatic rings. The van der Waals surface area contributed by atoms with E-state index in [0.717, 1.165) is 5.01 Å². The number of alkyl halides is 1. The Hall–Kier alpha value is -1.14. The van der Waals surface area contributed by atoms with E-state index in [0.29, 0.717) is 0 Å². The van der Waals surface area contributed by atoms with Gasteiger partial charge in [0.05, 0.1) is 5.54 Å². The second kappa shape index (κ2) is 5.27. The van der Waals surface area contributed by atoms with Crippen molar-refractivity contribution in [1.29, 1.82) is 0 Å². The lowest BCUT2D eigenvalue weighted by atomic mass is 10.1. The van der Waals surface area contributed by atoms with Crippen molar-refractivity contribution in [2.75, 3.05) is 5.88 Å². The van der Waals surface area contributed by atoms with Crippen LogP contribution in [-0.2, 0) is 10.3 Å². The van der Waals surface area contributed by atoms with Crippen LogP contribution in [0.3, 0.4) is 0 Å². The number of halogens is 1. The molecule has 5 nitrogen and oxygen atoms in total. The summed E-state index contributed by atoms with van der Waals surface area (Å²) in [6.07, 6.45) is 1.66. The van der Waals surface area contributed by atoms with Crippen molar-refractivity contribution in [3.8, 4) is 0 Å². The summed E-state index contributed by atoms with van der Waals surface area (Å²) in [6, 6.07) is -0.578. The van der Waals surface area contributed by atoms with Crippen LogP contribution in [0.2, 0.25) is 0 Å². The Kier molecular flexibility index (Phi) is 4.26. The number of nitrogens with zero attached hydrogens (tertiary/aromatic N) is 1. The van der Waals surface area contributed by atoms with Crippen molar-refractivity contribution in [2.45, 2.75) is 19.4 Å². The summed E-state index contributed by atoms with van der Waals surface area (Å²) in [5.41, 5.74) is -0.620. The van der Waals surface area contributed by atoms with E-state index >= 15 is 0 Å². The number of urea groups is 1. The SMILES string of the molecule is CC(C)(NC(=O)NC(=O)CCl)c1nccs1. The van der Waals surface area contributed by atoms with Crippen molar-refractivity contribution in [2.24, 2.45) is 0 Å². The Labute approximate surface area is 102 Å². The average molecular weight is 262 g/mol. The molecule has 2 N–H and O–H groups in total. The number of carbonyl (C=O) groups excluding carboxylic acids is 2. The minimum atomic E-state index is -0.620. The molecular formula is C9H12ClN3O2S. The highest BCUT2D eigenvalue weighted by atomic mass is 35.5. The molecule has 16 heavy (non-hydrogen) atoms. The first-order valence-electron chi connectivity index (χ1n) is 4.53. The summed E-state index contributed by atoms with van der Waals surface area (Å²) in [4.78, 5) is 26.4. The Morgan fingerprint density at radius 2 is 2.25 bits per heavy atom. The monoisotopic (exact) mass is 261 g/mol. The van der Waals surface area contributed by atoms with Crippen LogP contribution < -0.4 is 10.6 Å². The number of aromatic nitrogens is 1. The predicted molar refractivity (Wildman–Crippen MR) is 62.5 cm³/mol. The van der Waals surface area contributed by atoms with Crippen LogP contribution in [0, 0.1) is 0 Å². The zero-order valence-electron chi connectivity index (χ0n) is 8.91. The molecule has 0 saturated heterocycles. The van der Waals surface area contributed by atoms with Crippen LogP contribution in [0.5, 0.6) is 0 Å². The molecule has 1 heterocycles. The number of amides is 3. The Morgan fingerprint density at radius 3 is 2.75 bits per heavy atom. The summed E-state index contributed by atoms with van der Waals surface area (Å²) >= 11 is 6.70. The highest BCUT2D eigenvalue weighted by Gasteiger charge is 2.25. The van der Waals surface area contributed by atoms with Crippen LogP contribution in [0.25, 0.3) is 0 Å². The van der Waals surface area contributed by atoms with Gasteiger partial charge in [0.1, 0.15) is 10.9 Å². The third-order valence-corrected chi connectivity index (χ3v) is 3.11. The fourth-order valence-electron chi connectivity index (χ4n) is 1.06. The normalized spacial score (nSPS) is 10.9. The number of rotatable bonds is 3. The zero-order valence-corrected chi connectivity index (χ0v) is 10.5. The molecule has 7 heteroatoms. The smallest absolute Gasteiger partial charge is 0.322 e. The maximum Gasteiger partial charge on any atom is 0.322 e. The van der Waals surface area contributed by atoms with Crippen molar-refractivity contribution >= 4 is 34.9 Å². The first-order valence-corrected chi connectivity index (χ1v) is 5.95. The van der Waals surface area contributed by atoms with E-state index < -0.39 is 17.5 Å². The van der Waals surface area contributed by atoms with Gasteiger partial charge in [0, 0.05) is 11.6 Å². The predicted octanol–water partition coefficient (Wildman–Crippen LogP) is 1.44. The molecule has 0 saturated carbocycles. The van der Waals surface area contributed by atoms with Crippen molar-refractivity contribution < 1.29 is 9.59 Å². The molecule has 0 aliphatic heterocycles. The molecule has 0 aliphatic rings. The lowest BCUT2D eigenvalue weighted by Crippen LogP contribution is -2.48. The number of thiazole rings is 1. The number of hydrogen-bond donors (Lipinski definition) is 2. The minimum absolute atomic E-state index is 0.245. The van der Waals surface area contributed by atoms with Crippen LogP contribution in [0.4, 0.5) is 4.79 Å². The van der Waals surface area contributed by atoms with E-state index in [1.165, 1.54) is 11.3 Å². The number of hydrogen-bond acceptors (Lipinski definition) is 4. The fraction of sp³-hybridized carbons (Fsp3) is 0.444. The Balaban J connectivity index is 2.60. The first kappa shape index (κ1) is 12.9. The number of nitrogens with one attached hydrogen (secondary N) is 2. The third-order valence-electron chi connectivity index (χ3n) is 1.77. The zero-order chi connectivity index (χ0) is 12.2. The average Bonchev–Trinajstić information content (AvgIpc) is 2.69. The van der Waals surface area contributed by atoms with Gasteiger partial charge in [-0.1, -0.05) is 0 Å².